The summed E-state index contributed by atoms with van der Waals surface area (Å²) in [5.41, 5.74) is 0.847. The first-order chi connectivity index (χ1) is 6.75. The van der Waals surface area contributed by atoms with Crippen LogP contribution >= 0.6 is 0 Å². The van der Waals surface area contributed by atoms with Crippen LogP contribution in [0.4, 0.5) is 0 Å². The fourth-order valence-corrected chi connectivity index (χ4v) is 1.46. The van der Waals surface area contributed by atoms with Gasteiger partial charge in [0.1, 0.15) is 0 Å². The zero-order valence-corrected chi connectivity index (χ0v) is 7.76. The zero-order valence-electron chi connectivity index (χ0n) is 7.76. The van der Waals surface area contributed by atoms with E-state index in [-0.39, 0.29) is 0 Å². The van der Waals surface area contributed by atoms with Gasteiger partial charge in [0.25, 0.3) is 0 Å². The van der Waals surface area contributed by atoms with Crippen molar-refractivity contribution in [3.8, 4) is 0 Å². The molecular weight excluding hydrogens is 180 g/mol. The van der Waals surface area contributed by atoms with E-state index in [1.807, 2.05) is 10.9 Å². The summed E-state index contributed by atoms with van der Waals surface area (Å²) >= 11 is 0. The number of hydrogen-bond acceptors (Lipinski definition) is 2. The average molecular weight is 192 g/mol. The number of rotatable bonds is 3. The molecule has 0 atom stereocenters. The van der Waals surface area contributed by atoms with Crippen molar-refractivity contribution in [2.24, 2.45) is 0 Å². The molecule has 4 heteroatoms. The summed E-state index contributed by atoms with van der Waals surface area (Å²) in [5.74, 6) is -0.929. The van der Waals surface area contributed by atoms with Crippen LogP contribution in [0.5, 0.6) is 0 Å². The number of carbonyl (C=O) groups is 1. The third-order valence-electron chi connectivity index (χ3n) is 2.49. The lowest BCUT2D eigenvalue weighted by Gasteiger charge is -2.25. The highest BCUT2D eigenvalue weighted by molar-refractivity contribution is 5.85. The molecule has 1 aliphatic carbocycles. The smallest absolute Gasteiger partial charge is 0.328 e. The van der Waals surface area contributed by atoms with Gasteiger partial charge in [0.05, 0.1) is 12.2 Å². The van der Waals surface area contributed by atoms with Gasteiger partial charge in [0.2, 0.25) is 0 Å². The van der Waals surface area contributed by atoms with Crippen LogP contribution in [0, 0.1) is 0 Å². The molecule has 0 bridgehead atoms. The number of hydrogen-bond donors (Lipinski definition) is 1. The predicted molar refractivity (Wildman–Crippen MR) is 51.8 cm³/mol. The molecule has 1 aromatic heterocycles. The van der Waals surface area contributed by atoms with Crippen molar-refractivity contribution in [3.63, 3.8) is 0 Å². The Morgan fingerprint density at radius 3 is 3.00 bits per heavy atom. The lowest BCUT2D eigenvalue weighted by Crippen LogP contribution is -2.16. The van der Waals surface area contributed by atoms with Crippen molar-refractivity contribution < 1.29 is 9.90 Å². The molecule has 1 N–H and O–H groups in total. The Morgan fingerprint density at radius 1 is 1.64 bits per heavy atom. The molecule has 0 unspecified atom stereocenters. The molecule has 14 heavy (non-hydrogen) atoms. The van der Waals surface area contributed by atoms with E-state index in [2.05, 4.69) is 5.10 Å². The van der Waals surface area contributed by atoms with Crippen LogP contribution in [0.1, 0.15) is 30.9 Å². The predicted octanol–water partition coefficient (Wildman–Crippen LogP) is 1.71. The second kappa shape index (κ2) is 3.65. The number of aliphatic carboxylic acids is 1. The van der Waals surface area contributed by atoms with E-state index in [1.165, 1.54) is 19.3 Å². The highest BCUT2D eigenvalue weighted by atomic mass is 16.4. The van der Waals surface area contributed by atoms with Crippen LogP contribution in [0.3, 0.4) is 0 Å². The standard InChI is InChI=1S/C10H12N2O2/c13-10(14)5-4-8-6-11-12(7-8)9-2-1-3-9/h4-7,9H,1-3H2,(H,13,14)/b5-4+. The van der Waals surface area contributed by atoms with Gasteiger partial charge < -0.3 is 5.11 Å². The molecule has 2 rings (SSSR count). The summed E-state index contributed by atoms with van der Waals surface area (Å²) in [6.07, 6.45) is 9.91. The van der Waals surface area contributed by atoms with Crippen molar-refractivity contribution in [3.05, 3.63) is 24.0 Å². The third kappa shape index (κ3) is 1.84. The number of aromatic nitrogens is 2. The first-order valence-electron chi connectivity index (χ1n) is 4.71. The molecule has 1 fully saturated rings. The van der Waals surface area contributed by atoms with Crippen molar-refractivity contribution in [1.29, 1.82) is 0 Å². The highest BCUT2D eigenvalue weighted by Crippen LogP contribution is 2.30. The Kier molecular flexibility index (Phi) is 2.35. The van der Waals surface area contributed by atoms with Crippen molar-refractivity contribution in [2.45, 2.75) is 25.3 Å². The van der Waals surface area contributed by atoms with Gasteiger partial charge in [-0.15, -0.1) is 0 Å². The Hall–Kier alpha value is -1.58. The molecule has 0 aliphatic heterocycles. The maximum Gasteiger partial charge on any atom is 0.328 e. The molecule has 1 heterocycles. The van der Waals surface area contributed by atoms with E-state index in [4.69, 9.17) is 5.11 Å². The van der Waals surface area contributed by atoms with Crippen LogP contribution in [0.15, 0.2) is 18.5 Å². The molecule has 74 valence electrons. The molecule has 0 saturated heterocycles. The van der Waals surface area contributed by atoms with Crippen LogP contribution in [0.2, 0.25) is 0 Å². The molecular formula is C10H12N2O2. The molecule has 1 aliphatic rings. The van der Waals surface area contributed by atoms with Crippen LogP contribution in [-0.2, 0) is 4.79 Å². The topological polar surface area (TPSA) is 55.1 Å². The minimum absolute atomic E-state index is 0.530. The van der Waals surface area contributed by atoms with E-state index >= 15 is 0 Å². The fourth-order valence-electron chi connectivity index (χ4n) is 1.46. The van der Waals surface area contributed by atoms with E-state index in [1.54, 1.807) is 12.3 Å². The Labute approximate surface area is 81.9 Å². The van der Waals surface area contributed by atoms with Crippen molar-refractivity contribution >= 4 is 12.0 Å². The molecule has 0 aromatic carbocycles. The van der Waals surface area contributed by atoms with Crippen molar-refractivity contribution in [1.82, 2.24) is 9.78 Å². The fraction of sp³-hybridized carbons (Fsp3) is 0.400. The maximum atomic E-state index is 10.3. The third-order valence-corrected chi connectivity index (χ3v) is 2.49. The normalized spacial score (nSPS) is 17.1. The Morgan fingerprint density at radius 2 is 2.43 bits per heavy atom. The van der Waals surface area contributed by atoms with Crippen LogP contribution in [0.25, 0.3) is 6.08 Å². The lowest BCUT2D eigenvalue weighted by molar-refractivity contribution is -0.131. The van der Waals surface area contributed by atoms with Gasteiger partial charge in [0.15, 0.2) is 0 Å². The van der Waals surface area contributed by atoms with E-state index in [9.17, 15) is 4.79 Å². The summed E-state index contributed by atoms with van der Waals surface area (Å²) in [4.78, 5) is 10.3. The molecule has 0 spiro atoms. The van der Waals surface area contributed by atoms with Gasteiger partial charge >= 0.3 is 5.97 Å². The summed E-state index contributed by atoms with van der Waals surface area (Å²) in [6, 6.07) is 0.530. The number of nitrogens with zero attached hydrogens (tertiary/aromatic N) is 2. The second-order valence-electron chi connectivity index (χ2n) is 3.51. The highest BCUT2D eigenvalue weighted by Gasteiger charge is 2.19. The first kappa shape index (κ1) is 8.99. The molecule has 0 radical (unpaired) electrons. The summed E-state index contributed by atoms with van der Waals surface area (Å²) < 4.78 is 1.92. The monoisotopic (exact) mass is 192 g/mol. The Balaban J connectivity index is 2.05. The van der Waals surface area contributed by atoms with Crippen LogP contribution < -0.4 is 0 Å². The first-order valence-corrected chi connectivity index (χ1v) is 4.71. The Bertz CT molecular complexity index is 364. The zero-order chi connectivity index (χ0) is 9.97. The molecule has 4 nitrogen and oxygen atoms in total. The maximum absolute atomic E-state index is 10.3. The summed E-state index contributed by atoms with van der Waals surface area (Å²) in [7, 11) is 0. The summed E-state index contributed by atoms with van der Waals surface area (Å²) in [6.45, 7) is 0. The van der Waals surface area contributed by atoms with Crippen LogP contribution in [-0.4, -0.2) is 20.9 Å². The van der Waals surface area contributed by atoms with Gasteiger partial charge in [0, 0.05) is 17.8 Å². The minimum Gasteiger partial charge on any atom is -0.478 e. The van der Waals surface area contributed by atoms with E-state index < -0.39 is 5.97 Å². The molecule has 1 saturated carbocycles. The average Bonchev–Trinajstić information content (AvgIpc) is 2.46. The number of carboxylic acids is 1. The van der Waals surface area contributed by atoms with E-state index in [0.717, 1.165) is 11.6 Å². The SMILES string of the molecule is O=C(O)/C=C/c1cnn(C2CCC2)c1. The van der Waals surface area contributed by atoms with Gasteiger partial charge in [-0.05, 0) is 25.3 Å². The van der Waals surface area contributed by atoms with Gasteiger partial charge in [-0.25, -0.2) is 4.79 Å². The summed E-state index contributed by atoms with van der Waals surface area (Å²) in [5, 5.41) is 12.6. The largest absolute Gasteiger partial charge is 0.478 e. The van der Waals surface area contributed by atoms with Gasteiger partial charge in [-0.1, -0.05) is 0 Å². The van der Waals surface area contributed by atoms with Crippen molar-refractivity contribution in [2.75, 3.05) is 0 Å². The second-order valence-corrected chi connectivity index (χ2v) is 3.51. The van der Waals surface area contributed by atoms with Gasteiger partial charge in [-0.2, -0.15) is 5.10 Å². The minimum atomic E-state index is -0.929. The quantitative estimate of drug-likeness (QED) is 0.741. The van der Waals surface area contributed by atoms with E-state index in [0.29, 0.717) is 6.04 Å². The number of carboxylic acid groups (broad SMARTS) is 1. The van der Waals surface area contributed by atoms with Gasteiger partial charge in [-0.3, -0.25) is 4.68 Å². The molecule has 0 amide bonds. The lowest BCUT2D eigenvalue weighted by atomic mass is 9.93. The molecule has 1 aromatic rings.